The highest BCUT2D eigenvalue weighted by Gasteiger charge is 2.39. The number of carbonyl (C=O) groups excluding carboxylic acids is 2. The first kappa shape index (κ1) is 21.1. The Labute approximate surface area is 193 Å². The van der Waals surface area contributed by atoms with Crippen LogP contribution in [0.15, 0.2) is 72.8 Å². The van der Waals surface area contributed by atoms with Gasteiger partial charge in [-0.25, -0.2) is 0 Å². The van der Waals surface area contributed by atoms with E-state index in [0.29, 0.717) is 31.0 Å². The van der Waals surface area contributed by atoms with Gasteiger partial charge in [-0.05, 0) is 48.7 Å². The number of hydrogen-bond donors (Lipinski definition) is 0. The van der Waals surface area contributed by atoms with Crippen molar-refractivity contribution in [2.24, 2.45) is 0 Å². The Hall–Kier alpha value is -3.80. The number of nitrogens with zero attached hydrogens (tertiary/aromatic N) is 2. The van der Waals surface area contributed by atoms with Gasteiger partial charge in [0, 0.05) is 12.1 Å². The van der Waals surface area contributed by atoms with E-state index in [1.54, 1.807) is 16.9 Å². The average molecular weight is 443 g/mol. The Morgan fingerprint density at radius 3 is 2.48 bits per heavy atom. The number of ether oxygens (including phenoxy) is 2. The standard InChI is InChI=1S/C27H26N2O4/c1-32-21-14-12-19(13-15-21)17-26(30)28-16-6-10-24(28)27(31)29-22-8-3-2-7-20(22)18-33-25-11-5-4-9-23(25)29/h2-5,7-9,11-15,24H,6,10,16-18H2,1H3/t24-/m1/s1. The molecule has 0 aromatic heterocycles. The first-order valence-corrected chi connectivity index (χ1v) is 11.2. The van der Waals surface area contributed by atoms with Gasteiger partial charge in [0.05, 0.1) is 24.9 Å². The molecule has 2 aliphatic heterocycles. The van der Waals surface area contributed by atoms with Gasteiger partial charge >= 0.3 is 0 Å². The molecule has 2 amide bonds. The van der Waals surface area contributed by atoms with Gasteiger partial charge in [0.1, 0.15) is 24.1 Å². The van der Waals surface area contributed by atoms with E-state index in [1.807, 2.05) is 72.8 Å². The van der Waals surface area contributed by atoms with Gasteiger partial charge < -0.3 is 14.4 Å². The van der Waals surface area contributed by atoms with Crippen LogP contribution in [0, 0.1) is 0 Å². The van der Waals surface area contributed by atoms with Gasteiger partial charge in [-0.1, -0.05) is 42.5 Å². The SMILES string of the molecule is COc1ccc(CC(=O)N2CCC[C@@H]2C(=O)N2c3ccccc3COc3ccccc32)cc1. The van der Waals surface area contributed by atoms with Crippen molar-refractivity contribution >= 4 is 23.2 Å². The summed E-state index contributed by atoms with van der Waals surface area (Å²) in [4.78, 5) is 30.7. The number of amides is 2. The monoisotopic (exact) mass is 442 g/mol. The van der Waals surface area contributed by atoms with Gasteiger partial charge in [-0.3, -0.25) is 14.5 Å². The van der Waals surface area contributed by atoms with Crippen LogP contribution >= 0.6 is 0 Å². The summed E-state index contributed by atoms with van der Waals surface area (Å²) in [6.45, 7) is 0.973. The van der Waals surface area contributed by atoms with Crippen molar-refractivity contribution in [3.05, 3.63) is 83.9 Å². The molecule has 6 heteroatoms. The average Bonchev–Trinajstić information content (AvgIpc) is 3.28. The largest absolute Gasteiger partial charge is 0.497 e. The van der Waals surface area contributed by atoms with E-state index in [0.717, 1.165) is 29.0 Å². The molecule has 168 valence electrons. The van der Waals surface area contributed by atoms with E-state index in [9.17, 15) is 9.59 Å². The zero-order valence-electron chi connectivity index (χ0n) is 18.6. The van der Waals surface area contributed by atoms with Gasteiger partial charge in [0.25, 0.3) is 5.91 Å². The molecule has 6 nitrogen and oxygen atoms in total. The van der Waals surface area contributed by atoms with Crippen LogP contribution in [0.4, 0.5) is 11.4 Å². The topological polar surface area (TPSA) is 59.1 Å². The molecule has 5 rings (SSSR count). The molecule has 3 aromatic rings. The van der Waals surface area contributed by atoms with Crippen molar-refractivity contribution in [2.45, 2.75) is 31.9 Å². The van der Waals surface area contributed by atoms with Gasteiger partial charge in [-0.2, -0.15) is 0 Å². The molecular formula is C27H26N2O4. The smallest absolute Gasteiger partial charge is 0.254 e. The fraction of sp³-hybridized carbons (Fsp3) is 0.259. The summed E-state index contributed by atoms with van der Waals surface area (Å²) >= 11 is 0. The molecule has 1 fully saturated rings. The summed E-state index contributed by atoms with van der Waals surface area (Å²) < 4.78 is 11.2. The molecule has 1 atom stereocenters. The first-order chi connectivity index (χ1) is 16.2. The molecule has 3 aromatic carbocycles. The molecule has 0 radical (unpaired) electrons. The second-order valence-corrected chi connectivity index (χ2v) is 8.33. The minimum absolute atomic E-state index is 0.0383. The maximum atomic E-state index is 14.0. The molecule has 33 heavy (non-hydrogen) atoms. The Morgan fingerprint density at radius 1 is 0.970 bits per heavy atom. The zero-order chi connectivity index (χ0) is 22.8. The number of benzene rings is 3. The van der Waals surface area contributed by atoms with Crippen molar-refractivity contribution in [1.29, 1.82) is 0 Å². The summed E-state index contributed by atoms with van der Waals surface area (Å²) in [5.74, 6) is 1.28. The number of hydrogen-bond acceptors (Lipinski definition) is 4. The Kier molecular flexibility index (Phi) is 5.73. The summed E-state index contributed by atoms with van der Waals surface area (Å²) in [7, 11) is 1.62. The number of rotatable bonds is 4. The second kappa shape index (κ2) is 8.98. The van der Waals surface area contributed by atoms with Gasteiger partial charge in [0.15, 0.2) is 0 Å². The van der Waals surface area contributed by atoms with Gasteiger partial charge in [-0.15, -0.1) is 0 Å². The minimum Gasteiger partial charge on any atom is -0.497 e. The van der Waals surface area contributed by atoms with Crippen LogP contribution in [0.2, 0.25) is 0 Å². The number of fused-ring (bicyclic) bond motifs is 2. The highest BCUT2D eigenvalue weighted by molar-refractivity contribution is 6.07. The summed E-state index contributed by atoms with van der Waals surface area (Å²) in [5.41, 5.74) is 3.36. The number of anilines is 2. The lowest BCUT2D eigenvalue weighted by atomic mass is 10.1. The van der Waals surface area contributed by atoms with Gasteiger partial charge in [0.2, 0.25) is 5.91 Å². The maximum Gasteiger partial charge on any atom is 0.254 e. The second-order valence-electron chi connectivity index (χ2n) is 8.33. The number of likely N-dealkylation sites (tertiary alicyclic amines) is 1. The molecule has 0 unspecified atom stereocenters. The summed E-state index contributed by atoms with van der Waals surface area (Å²) in [5, 5.41) is 0. The van der Waals surface area contributed by atoms with Crippen molar-refractivity contribution in [3.63, 3.8) is 0 Å². The molecule has 0 N–H and O–H groups in total. The van der Waals surface area contributed by atoms with Crippen molar-refractivity contribution in [1.82, 2.24) is 4.90 Å². The third-order valence-corrected chi connectivity index (χ3v) is 6.31. The van der Waals surface area contributed by atoms with Crippen LogP contribution in [0.25, 0.3) is 0 Å². The molecule has 0 spiro atoms. The third-order valence-electron chi connectivity index (χ3n) is 6.31. The molecule has 2 aliphatic rings. The van der Waals surface area contributed by atoms with Crippen LogP contribution in [0.1, 0.15) is 24.0 Å². The fourth-order valence-corrected chi connectivity index (χ4v) is 4.63. The van der Waals surface area contributed by atoms with Crippen LogP contribution in [-0.4, -0.2) is 36.4 Å². The number of carbonyl (C=O) groups is 2. The third kappa shape index (κ3) is 4.04. The van der Waals surface area contributed by atoms with E-state index in [2.05, 4.69) is 0 Å². The van der Waals surface area contributed by atoms with Crippen molar-refractivity contribution in [2.75, 3.05) is 18.6 Å². The Bertz CT molecular complexity index is 1130. The minimum atomic E-state index is -0.505. The van der Waals surface area contributed by atoms with Crippen LogP contribution in [-0.2, 0) is 22.6 Å². The van der Waals surface area contributed by atoms with E-state index < -0.39 is 6.04 Å². The summed E-state index contributed by atoms with van der Waals surface area (Å²) in [6, 6.07) is 22.3. The molecular weight excluding hydrogens is 416 g/mol. The predicted octanol–water partition coefficient (Wildman–Crippen LogP) is 4.49. The molecule has 1 saturated heterocycles. The Morgan fingerprint density at radius 2 is 1.70 bits per heavy atom. The fourth-order valence-electron chi connectivity index (χ4n) is 4.63. The van der Waals surface area contributed by atoms with Crippen LogP contribution < -0.4 is 14.4 Å². The molecule has 0 saturated carbocycles. The van der Waals surface area contributed by atoms with E-state index in [1.165, 1.54) is 0 Å². The molecule has 2 heterocycles. The normalized spacial score (nSPS) is 16.9. The maximum absolute atomic E-state index is 14.0. The van der Waals surface area contributed by atoms with E-state index >= 15 is 0 Å². The number of para-hydroxylation sites is 3. The summed E-state index contributed by atoms with van der Waals surface area (Å²) in [6.07, 6.45) is 1.71. The molecule has 0 aliphatic carbocycles. The van der Waals surface area contributed by atoms with Crippen LogP contribution in [0.5, 0.6) is 11.5 Å². The highest BCUT2D eigenvalue weighted by atomic mass is 16.5. The first-order valence-electron chi connectivity index (χ1n) is 11.2. The van der Waals surface area contributed by atoms with Crippen molar-refractivity contribution < 1.29 is 19.1 Å². The van der Waals surface area contributed by atoms with Crippen LogP contribution in [0.3, 0.4) is 0 Å². The lowest BCUT2D eigenvalue weighted by Crippen LogP contribution is -2.47. The zero-order valence-corrected chi connectivity index (χ0v) is 18.6. The molecule has 0 bridgehead atoms. The van der Waals surface area contributed by atoms with E-state index in [4.69, 9.17) is 9.47 Å². The highest BCUT2D eigenvalue weighted by Crippen LogP contribution is 2.40. The quantitative estimate of drug-likeness (QED) is 0.598. The predicted molar refractivity (Wildman–Crippen MR) is 126 cm³/mol. The number of methoxy groups -OCH3 is 1. The Balaban J connectivity index is 1.44. The van der Waals surface area contributed by atoms with Crippen molar-refractivity contribution in [3.8, 4) is 11.5 Å². The lowest BCUT2D eigenvalue weighted by molar-refractivity contribution is -0.136. The van der Waals surface area contributed by atoms with E-state index in [-0.39, 0.29) is 18.2 Å². The lowest BCUT2D eigenvalue weighted by Gasteiger charge is -2.31.